The number of nitrogens with one attached hydrogen (secondary N) is 2. The predicted molar refractivity (Wildman–Crippen MR) is 40.1 cm³/mol. The van der Waals surface area contributed by atoms with Gasteiger partial charge in [-0.2, -0.15) is 9.64 Å². The summed E-state index contributed by atoms with van der Waals surface area (Å²) in [4.78, 5) is 0. The van der Waals surface area contributed by atoms with Gasteiger partial charge in [0.05, 0.1) is 5.69 Å². The smallest absolute Gasteiger partial charge is 0.143 e. The highest BCUT2D eigenvalue weighted by Crippen LogP contribution is 2.21. The molecule has 0 aliphatic rings. The van der Waals surface area contributed by atoms with E-state index >= 15 is 0 Å². The van der Waals surface area contributed by atoms with Crippen LogP contribution in [0.2, 0.25) is 0 Å². The van der Waals surface area contributed by atoms with Crippen LogP contribution in [-0.4, -0.2) is 9.58 Å². The molecule has 0 amide bonds. The third-order valence-electron chi connectivity index (χ3n) is 1.14. The van der Waals surface area contributed by atoms with E-state index in [0.29, 0.717) is 16.3 Å². The van der Waals surface area contributed by atoms with Crippen molar-refractivity contribution in [3.63, 3.8) is 0 Å². The second kappa shape index (κ2) is 3.30. The minimum absolute atomic E-state index is 0.455. The number of aryl methyl sites for hydroxylation is 1. The average molecular weight is 170 g/mol. The van der Waals surface area contributed by atoms with Gasteiger partial charge in [0, 0.05) is 0 Å². The van der Waals surface area contributed by atoms with Gasteiger partial charge in [0.15, 0.2) is 0 Å². The Hall–Kier alpha value is -1.16. The van der Waals surface area contributed by atoms with Crippen LogP contribution in [0.25, 0.3) is 0 Å². The van der Waals surface area contributed by atoms with Crippen molar-refractivity contribution in [3.8, 4) is 6.07 Å². The quantitative estimate of drug-likeness (QED) is 0.567. The molecule has 1 heterocycles. The maximum Gasteiger partial charge on any atom is 0.143 e. The minimum Gasteiger partial charge on any atom is -0.297 e. The molecule has 5 nitrogen and oxygen atoms in total. The van der Waals surface area contributed by atoms with Gasteiger partial charge in [0.1, 0.15) is 16.6 Å². The van der Waals surface area contributed by atoms with Crippen LogP contribution in [0.5, 0.6) is 0 Å². The Bertz CT molecular complexity index is 289. The van der Waals surface area contributed by atoms with Gasteiger partial charge in [-0.3, -0.25) is 10.6 Å². The molecule has 1 aromatic heterocycles. The van der Waals surface area contributed by atoms with Gasteiger partial charge in [-0.05, 0) is 18.5 Å². The number of anilines is 1. The van der Waals surface area contributed by atoms with E-state index < -0.39 is 0 Å². The lowest BCUT2D eigenvalue weighted by atomic mass is 10.3. The summed E-state index contributed by atoms with van der Waals surface area (Å²) < 4.78 is 3.91. The number of aromatic nitrogens is 1. The highest BCUT2D eigenvalue weighted by atomic mass is 32.1. The molecular weight excluding hydrogens is 164 g/mol. The fourth-order valence-electron chi connectivity index (χ4n) is 0.637. The van der Waals surface area contributed by atoms with E-state index in [0.717, 1.165) is 11.5 Å². The molecule has 0 aromatic carbocycles. The Morgan fingerprint density at radius 1 is 1.73 bits per heavy atom. The number of hydrazine groups is 1. The lowest BCUT2D eigenvalue weighted by Gasteiger charge is -1.96. The first kappa shape index (κ1) is 7.94. The van der Waals surface area contributed by atoms with Crippen LogP contribution in [0, 0.1) is 18.3 Å². The van der Waals surface area contributed by atoms with Crippen molar-refractivity contribution in [2.45, 2.75) is 6.92 Å². The first-order valence-electron chi connectivity index (χ1n) is 2.81. The maximum atomic E-state index is 8.58. The summed E-state index contributed by atoms with van der Waals surface area (Å²) in [6.45, 7) is 1.73. The molecule has 0 saturated heterocycles. The Balaban J connectivity index is 2.98. The van der Waals surface area contributed by atoms with Crippen molar-refractivity contribution in [2.24, 2.45) is 0 Å². The molecule has 0 atom stereocenters. The molecule has 58 valence electrons. The van der Waals surface area contributed by atoms with Crippen molar-refractivity contribution in [1.82, 2.24) is 9.96 Å². The van der Waals surface area contributed by atoms with E-state index in [2.05, 4.69) is 9.80 Å². The van der Waals surface area contributed by atoms with Gasteiger partial charge in [-0.1, -0.05) is 0 Å². The van der Waals surface area contributed by atoms with E-state index in [9.17, 15) is 0 Å². The lowest BCUT2D eigenvalue weighted by molar-refractivity contribution is 0.193. The molecule has 11 heavy (non-hydrogen) atoms. The van der Waals surface area contributed by atoms with Crippen LogP contribution < -0.4 is 11.0 Å². The van der Waals surface area contributed by atoms with E-state index in [1.165, 1.54) is 0 Å². The molecule has 0 aliphatic carbocycles. The van der Waals surface area contributed by atoms with Crippen molar-refractivity contribution in [3.05, 3.63) is 11.3 Å². The van der Waals surface area contributed by atoms with Crippen LogP contribution in [-0.2, 0) is 0 Å². The minimum atomic E-state index is 0.455. The molecule has 0 fully saturated rings. The van der Waals surface area contributed by atoms with E-state index in [4.69, 9.17) is 10.5 Å². The molecule has 1 rings (SSSR count). The summed E-state index contributed by atoms with van der Waals surface area (Å²) in [5, 5.41) is 17.4. The van der Waals surface area contributed by atoms with Gasteiger partial charge < -0.3 is 0 Å². The summed E-state index contributed by atoms with van der Waals surface area (Å²) in [6.07, 6.45) is 0. The predicted octanol–water partition coefficient (Wildman–Crippen LogP) is 0.629. The highest BCUT2D eigenvalue weighted by molar-refractivity contribution is 7.10. The number of rotatable bonds is 2. The second-order valence-electron chi connectivity index (χ2n) is 1.82. The van der Waals surface area contributed by atoms with E-state index in [1.807, 2.05) is 6.07 Å². The zero-order chi connectivity index (χ0) is 8.27. The van der Waals surface area contributed by atoms with Gasteiger partial charge >= 0.3 is 0 Å². The molecule has 0 radical (unpaired) electrons. The number of nitriles is 1. The van der Waals surface area contributed by atoms with Gasteiger partial charge in [-0.25, -0.2) is 0 Å². The average Bonchev–Trinajstić information content (AvgIpc) is 2.33. The Kier molecular flexibility index (Phi) is 2.38. The molecule has 0 bridgehead atoms. The number of hydrogen-bond donors (Lipinski definition) is 3. The van der Waals surface area contributed by atoms with Crippen molar-refractivity contribution < 1.29 is 5.21 Å². The van der Waals surface area contributed by atoms with Gasteiger partial charge in [-0.15, -0.1) is 5.59 Å². The number of nitrogens with zero attached hydrogens (tertiary/aromatic N) is 2. The molecule has 0 spiro atoms. The standard InChI is InChI=1S/C5H6N4OS/c1-3-4(2-6)5(7-9-10)11-8-3/h7,9-10H,1H3. The SMILES string of the molecule is Cc1nsc(NNO)c1C#N. The Labute approximate surface area is 67.4 Å². The van der Waals surface area contributed by atoms with E-state index in [-0.39, 0.29) is 0 Å². The maximum absolute atomic E-state index is 8.58. The summed E-state index contributed by atoms with van der Waals surface area (Å²) in [7, 11) is 0. The Morgan fingerprint density at radius 2 is 2.45 bits per heavy atom. The largest absolute Gasteiger partial charge is 0.297 e. The zero-order valence-electron chi connectivity index (χ0n) is 5.75. The van der Waals surface area contributed by atoms with Crippen molar-refractivity contribution >= 4 is 16.5 Å². The molecule has 0 aliphatic heterocycles. The summed E-state index contributed by atoms with van der Waals surface area (Å²) in [5.41, 5.74) is 5.25. The normalized spacial score (nSPS) is 9.18. The van der Waals surface area contributed by atoms with Crippen molar-refractivity contribution in [2.75, 3.05) is 5.43 Å². The third kappa shape index (κ3) is 1.46. The Morgan fingerprint density at radius 3 is 3.00 bits per heavy atom. The lowest BCUT2D eigenvalue weighted by Crippen LogP contribution is -2.15. The molecule has 1 aromatic rings. The first-order chi connectivity index (χ1) is 5.29. The summed E-state index contributed by atoms with van der Waals surface area (Å²) >= 11 is 1.12. The third-order valence-corrected chi connectivity index (χ3v) is 2.00. The molecule has 6 heteroatoms. The fraction of sp³-hybridized carbons (Fsp3) is 0.200. The summed E-state index contributed by atoms with van der Waals surface area (Å²) in [5.74, 6) is 0. The molecular formula is C5H6N4OS. The van der Waals surface area contributed by atoms with Crippen LogP contribution >= 0.6 is 11.5 Å². The topological polar surface area (TPSA) is 81.0 Å². The number of hydrogen-bond acceptors (Lipinski definition) is 6. The van der Waals surface area contributed by atoms with Crippen molar-refractivity contribution in [1.29, 1.82) is 5.26 Å². The van der Waals surface area contributed by atoms with Gasteiger partial charge in [0.25, 0.3) is 0 Å². The highest BCUT2D eigenvalue weighted by Gasteiger charge is 2.08. The summed E-state index contributed by atoms with van der Waals surface area (Å²) in [6, 6.07) is 1.96. The van der Waals surface area contributed by atoms with Crippen LogP contribution in [0.4, 0.5) is 5.00 Å². The van der Waals surface area contributed by atoms with E-state index in [1.54, 1.807) is 12.5 Å². The van der Waals surface area contributed by atoms with Crippen LogP contribution in [0.15, 0.2) is 0 Å². The second-order valence-corrected chi connectivity index (χ2v) is 2.59. The molecule has 3 N–H and O–H groups in total. The monoisotopic (exact) mass is 170 g/mol. The van der Waals surface area contributed by atoms with Crippen LogP contribution in [0.1, 0.15) is 11.3 Å². The van der Waals surface area contributed by atoms with Gasteiger partial charge in [0.2, 0.25) is 0 Å². The fourth-order valence-corrected chi connectivity index (χ4v) is 1.33. The first-order valence-corrected chi connectivity index (χ1v) is 3.58. The van der Waals surface area contributed by atoms with Crippen LogP contribution in [0.3, 0.4) is 0 Å². The molecule has 0 unspecified atom stereocenters. The zero-order valence-corrected chi connectivity index (χ0v) is 6.57. The molecule has 0 saturated carbocycles.